The van der Waals surface area contributed by atoms with Crippen molar-refractivity contribution < 1.29 is 71.3 Å². The van der Waals surface area contributed by atoms with Crippen LogP contribution in [0.3, 0.4) is 0 Å². The highest BCUT2D eigenvalue weighted by Gasteiger charge is 2.47. The zero-order valence-electron chi connectivity index (χ0n) is 20.3. The first-order valence-electron chi connectivity index (χ1n) is 10.6. The molecule has 0 aromatic carbocycles. The van der Waals surface area contributed by atoms with E-state index in [2.05, 4.69) is 28.1 Å². The molecule has 2 aromatic heterocycles. The maximum absolute atomic E-state index is 11.8. The van der Waals surface area contributed by atoms with Crippen LogP contribution in [-0.4, -0.2) is 103 Å². The van der Waals surface area contributed by atoms with Crippen molar-refractivity contribution in [2.45, 2.75) is 37.0 Å². The number of aromatic nitrogens is 4. The number of thioether (sulfide) groups is 1. The number of phosphoric ester groups is 1. The third-order valence-corrected chi connectivity index (χ3v) is 9.21. The van der Waals surface area contributed by atoms with Crippen LogP contribution >= 0.6 is 35.2 Å². The second kappa shape index (κ2) is 14.1. The van der Waals surface area contributed by atoms with E-state index in [1.165, 1.54) is 10.9 Å². The molecular weight excluding hydrogens is 629 g/mol. The number of hydrogen-bond donors (Lipinski definition) is 9. The van der Waals surface area contributed by atoms with Gasteiger partial charge in [-0.2, -0.15) is 20.4 Å². The number of fused-ring (bicyclic) bond motifs is 1. The number of aliphatic hydroxyl groups excluding tert-OH is 2. The van der Waals surface area contributed by atoms with Crippen molar-refractivity contribution in [3.63, 3.8) is 0 Å². The zero-order chi connectivity index (χ0) is 30.5. The average Bonchev–Trinajstić information content (AvgIpc) is 3.36. The molecule has 1 fully saturated rings. The number of nitrogens with two attached hydrogens (primary N) is 2. The van der Waals surface area contributed by atoms with Gasteiger partial charge in [0.05, 0.1) is 12.9 Å². The number of carboxylic acids is 1. The van der Waals surface area contributed by atoms with E-state index < -0.39 is 66.6 Å². The van der Waals surface area contributed by atoms with E-state index in [4.69, 9.17) is 36.0 Å². The normalized spacial score (nSPS) is 25.0. The molecule has 0 saturated carbocycles. The van der Waals surface area contributed by atoms with Crippen LogP contribution in [0, 0.1) is 0 Å². The Kier molecular flexibility index (Phi) is 12.2. The molecule has 3 rings (SSSR count). The molecule has 1 saturated heterocycles. The molecule has 40 heavy (non-hydrogen) atoms. The van der Waals surface area contributed by atoms with Crippen LogP contribution in [0.5, 0.6) is 0 Å². The van der Waals surface area contributed by atoms with Crippen molar-refractivity contribution in [1.29, 1.82) is 0 Å². The molecule has 0 aliphatic carbocycles. The average molecular weight is 656 g/mol. The van der Waals surface area contributed by atoms with Gasteiger partial charge in [0.1, 0.15) is 36.2 Å². The number of ether oxygens (including phenoxy) is 1. The van der Waals surface area contributed by atoms with Crippen LogP contribution < -0.4 is 11.5 Å². The number of carbonyl (C=O) groups is 1. The highest BCUT2D eigenvalue weighted by molar-refractivity contribution is 7.98. The van der Waals surface area contributed by atoms with Gasteiger partial charge >= 0.3 is 29.4 Å². The van der Waals surface area contributed by atoms with E-state index in [-0.39, 0.29) is 17.0 Å². The SMILES string of the molecule is CSCCC(N)C(=O)O.Nc1ncnc2c1ncn2[C@@H]1O[C@H](COP(=O)(O)OP(=O)(O)OP(=O)(O)O)[C@@H](O)[C@H]1O. The maximum atomic E-state index is 11.8. The lowest BCUT2D eigenvalue weighted by Crippen LogP contribution is -2.33. The topological polar surface area (TPSA) is 342 Å². The lowest BCUT2D eigenvalue weighted by Gasteiger charge is -2.19. The van der Waals surface area contributed by atoms with E-state index in [9.17, 15) is 33.6 Å². The smallest absolute Gasteiger partial charge is 0.480 e. The number of hydrogen-bond acceptors (Lipinski definition) is 16. The van der Waals surface area contributed by atoms with Crippen LogP contribution in [0.15, 0.2) is 12.7 Å². The molecule has 7 atom stereocenters. The number of aliphatic carboxylic acids is 1. The summed E-state index contributed by atoms with van der Waals surface area (Å²) in [7, 11) is -16.7. The Morgan fingerprint density at radius 2 is 1.77 bits per heavy atom. The minimum atomic E-state index is -5.70. The van der Waals surface area contributed by atoms with Crippen LogP contribution in [-0.2, 0) is 36.4 Å². The number of rotatable bonds is 12. The molecule has 11 N–H and O–H groups in total. The van der Waals surface area contributed by atoms with Crippen LogP contribution in [0.25, 0.3) is 11.2 Å². The molecule has 2 aromatic rings. The van der Waals surface area contributed by atoms with Gasteiger partial charge in [-0.05, 0) is 18.4 Å². The number of carboxylic acid groups (broad SMARTS) is 1. The fourth-order valence-electron chi connectivity index (χ4n) is 2.99. The molecular formula is C15H27N6O15P3S. The molecule has 0 bridgehead atoms. The molecule has 3 unspecified atom stereocenters. The Hall–Kier alpha value is -1.58. The van der Waals surface area contributed by atoms with Crippen molar-refractivity contribution in [2.75, 3.05) is 24.3 Å². The summed E-state index contributed by atoms with van der Waals surface area (Å²) in [5.41, 5.74) is 11.2. The lowest BCUT2D eigenvalue weighted by atomic mass is 10.1. The van der Waals surface area contributed by atoms with Crippen LogP contribution in [0.2, 0.25) is 0 Å². The highest BCUT2D eigenvalue weighted by atomic mass is 32.2. The van der Waals surface area contributed by atoms with E-state index >= 15 is 0 Å². The zero-order valence-corrected chi connectivity index (χ0v) is 23.8. The lowest BCUT2D eigenvalue weighted by molar-refractivity contribution is -0.138. The van der Waals surface area contributed by atoms with Crippen molar-refractivity contribution in [1.82, 2.24) is 19.5 Å². The number of nitrogens with zero attached hydrogens (tertiary/aromatic N) is 4. The Bertz CT molecular complexity index is 1310. The molecule has 3 heterocycles. The van der Waals surface area contributed by atoms with Crippen molar-refractivity contribution >= 4 is 58.2 Å². The third-order valence-electron chi connectivity index (χ3n) is 4.77. The summed E-state index contributed by atoms with van der Waals surface area (Å²) in [6.45, 7) is -0.956. The van der Waals surface area contributed by atoms with Crippen LogP contribution in [0.1, 0.15) is 12.6 Å². The molecule has 1 aliphatic heterocycles. The summed E-state index contributed by atoms with van der Waals surface area (Å²) in [6.07, 6.45) is -1.21. The minimum Gasteiger partial charge on any atom is -0.480 e. The van der Waals surface area contributed by atoms with E-state index in [1.807, 2.05) is 6.26 Å². The number of phosphoric acid groups is 3. The van der Waals surface area contributed by atoms with Gasteiger partial charge in [-0.1, -0.05) is 0 Å². The molecule has 21 nitrogen and oxygen atoms in total. The molecule has 0 spiro atoms. The molecule has 0 amide bonds. The van der Waals surface area contributed by atoms with Gasteiger partial charge in [0.25, 0.3) is 0 Å². The summed E-state index contributed by atoms with van der Waals surface area (Å²) in [6, 6.07) is -0.683. The summed E-state index contributed by atoms with van der Waals surface area (Å²) in [5.74, 6) is -0.0574. The summed E-state index contributed by atoms with van der Waals surface area (Å²) in [4.78, 5) is 57.3. The second-order valence-electron chi connectivity index (χ2n) is 7.74. The summed E-state index contributed by atoms with van der Waals surface area (Å²) in [5, 5.41) is 28.7. The van der Waals surface area contributed by atoms with E-state index in [0.717, 1.165) is 12.1 Å². The van der Waals surface area contributed by atoms with Gasteiger partial charge in [0.15, 0.2) is 17.7 Å². The monoisotopic (exact) mass is 656 g/mol. The fourth-order valence-corrected chi connectivity index (χ4v) is 6.51. The largest absolute Gasteiger partial charge is 0.490 e. The third kappa shape index (κ3) is 10.1. The van der Waals surface area contributed by atoms with Crippen molar-refractivity contribution in [3.05, 3.63) is 12.7 Å². The highest BCUT2D eigenvalue weighted by Crippen LogP contribution is 2.66. The van der Waals surface area contributed by atoms with E-state index in [1.54, 1.807) is 11.8 Å². The van der Waals surface area contributed by atoms with Gasteiger partial charge in [-0.25, -0.2) is 28.6 Å². The van der Waals surface area contributed by atoms with Gasteiger partial charge in [0, 0.05) is 0 Å². The number of anilines is 1. The van der Waals surface area contributed by atoms with Gasteiger partial charge < -0.3 is 51.1 Å². The molecule has 0 radical (unpaired) electrons. The first-order chi connectivity index (χ1) is 18.4. The Morgan fingerprint density at radius 1 is 1.12 bits per heavy atom. The van der Waals surface area contributed by atoms with Crippen molar-refractivity contribution in [3.8, 4) is 0 Å². The van der Waals surface area contributed by atoms with Gasteiger partial charge in [-0.15, -0.1) is 0 Å². The summed E-state index contributed by atoms with van der Waals surface area (Å²) < 4.78 is 51.9. The minimum absolute atomic E-state index is 0.0426. The van der Waals surface area contributed by atoms with Gasteiger partial charge in [0.2, 0.25) is 0 Å². The second-order valence-corrected chi connectivity index (χ2v) is 13.1. The quantitative estimate of drug-likeness (QED) is 0.118. The first kappa shape index (κ1) is 34.6. The molecule has 228 valence electrons. The molecule has 1 aliphatic rings. The Labute approximate surface area is 228 Å². The predicted molar refractivity (Wildman–Crippen MR) is 134 cm³/mol. The fraction of sp³-hybridized carbons (Fsp3) is 0.600. The predicted octanol–water partition coefficient (Wildman–Crippen LogP) is -1.48. The summed E-state index contributed by atoms with van der Waals surface area (Å²) >= 11 is 1.60. The van der Waals surface area contributed by atoms with Gasteiger partial charge in [-0.3, -0.25) is 13.9 Å². The van der Waals surface area contributed by atoms with E-state index in [0.29, 0.717) is 6.42 Å². The number of nitrogen functional groups attached to an aromatic ring is 1. The molecule has 25 heteroatoms. The van der Waals surface area contributed by atoms with Crippen molar-refractivity contribution in [2.24, 2.45) is 5.73 Å². The maximum Gasteiger partial charge on any atom is 0.490 e. The first-order valence-corrected chi connectivity index (χ1v) is 16.5. The number of aliphatic hydroxyl groups is 2. The Morgan fingerprint density at radius 3 is 2.35 bits per heavy atom. The Balaban J connectivity index is 0.000000536. The standard InChI is InChI=1S/C10H16N5O13P3.C5H11NO2S/c11-8-5-9(13-2-12-8)15(3-14-5)10-7(17)6(16)4(26-10)1-25-30(21,22)28-31(23,24)27-29(18,19)20;1-9-3-2-4(6)5(7)8/h2-4,6-7,10,16-17H,1H2,(H,21,22)(H,23,24)(H2,11,12,13)(H2,18,19,20);4H,2-3,6H2,1H3,(H,7,8)/t4-,6-,7-,10-;/m1./s1. The number of imidazole rings is 1. The van der Waals surface area contributed by atoms with Crippen LogP contribution in [0.4, 0.5) is 5.82 Å².